The molecule has 2 nitrogen and oxygen atoms in total. The van der Waals surface area contributed by atoms with Crippen molar-refractivity contribution in [2.75, 3.05) is 20.3 Å². The lowest BCUT2D eigenvalue weighted by Gasteiger charge is -2.15. The zero-order valence-corrected chi connectivity index (χ0v) is 9.72. The predicted octanol–water partition coefficient (Wildman–Crippen LogP) is 2.75. The van der Waals surface area contributed by atoms with E-state index in [1.807, 2.05) is 20.0 Å². The van der Waals surface area contributed by atoms with Crippen LogP contribution in [0.1, 0.15) is 39.0 Å². The summed E-state index contributed by atoms with van der Waals surface area (Å²) in [5.74, 6) is 0. The topological polar surface area (TPSA) is 21.3 Å². The summed E-state index contributed by atoms with van der Waals surface area (Å²) in [4.78, 5) is 0. The summed E-state index contributed by atoms with van der Waals surface area (Å²) in [5.41, 5.74) is 0. The summed E-state index contributed by atoms with van der Waals surface area (Å²) >= 11 is 0. The molecule has 1 atom stereocenters. The van der Waals surface area contributed by atoms with Crippen molar-refractivity contribution >= 4 is 0 Å². The largest absolute Gasteiger partial charge is 0.382 e. The number of rotatable bonds is 10. The van der Waals surface area contributed by atoms with Crippen molar-refractivity contribution in [3.63, 3.8) is 0 Å². The van der Waals surface area contributed by atoms with Gasteiger partial charge in [-0.25, -0.2) is 0 Å². The van der Waals surface area contributed by atoms with E-state index in [-0.39, 0.29) is 0 Å². The van der Waals surface area contributed by atoms with Crippen LogP contribution >= 0.6 is 0 Å². The van der Waals surface area contributed by atoms with Gasteiger partial charge in [0.1, 0.15) is 0 Å². The molecular formula is C12H25NO. The first-order valence-corrected chi connectivity index (χ1v) is 5.71. The van der Waals surface area contributed by atoms with Gasteiger partial charge < -0.3 is 10.1 Å². The first kappa shape index (κ1) is 13.7. The normalized spacial score (nSPS) is 12.7. The smallest absolute Gasteiger partial charge is 0.0466 e. The predicted molar refractivity (Wildman–Crippen MR) is 62.6 cm³/mol. The van der Waals surface area contributed by atoms with E-state index in [0.717, 1.165) is 26.1 Å². The Bertz CT molecular complexity index is 125. The van der Waals surface area contributed by atoms with E-state index in [1.165, 1.54) is 19.3 Å². The highest BCUT2D eigenvalue weighted by Gasteiger charge is 2.04. The Hall–Kier alpha value is -0.340. The number of ether oxygens (including phenoxy) is 1. The summed E-state index contributed by atoms with van der Waals surface area (Å²) < 4.78 is 5.31. The van der Waals surface area contributed by atoms with Crippen molar-refractivity contribution in [3.8, 4) is 0 Å². The van der Waals surface area contributed by atoms with Gasteiger partial charge >= 0.3 is 0 Å². The van der Waals surface area contributed by atoms with E-state index < -0.39 is 0 Å². The minimum absolute atomic E-state index is 0.649. The molecule has 0 rings (SSSR count). The van der Waals surface area contributed by atoms with Gasteiger partial charge in [-0.15, -0.1) is 6.58 Å². The Balaban J connectivity index is 3.33. The van der Waals surface area contributed by atoms with Crippen LogP contribution in [0.4, 0.5) is 0 Å². The van der Waals surface area contributed by atoms with Crippen LogP contribution in [0.15, 0.2) is 12.7 Å². The summed E-state index contributed by atoms with van der Waals surface area (Å²) in [7, 11) is 2.04. The molecule has 0 aromatic heterocycles. The van der Waals surface area contributed by atoms with E-state index in [9.17, 15) is 0 Å². The fourth-order valence-electron chi connectivity index (χ4n) is 1.52. The van der Waals surface area contributed by atoms with Gasteiger partial charge in [0.25, 0.3) is 0 Å². The van der Waals surface area contributed by atoms with Crippen molar-refractivity contribution in [2.24, 2.45) is 0 Å². The second-order valence-electron chi connectivity index (χ2n) is 3.54. The van der Waals surface area contributed by atoms with Crippen molar-refractivity contribution < 1.29 is 4.74 Å². The molecule has 0 radical (unpaired) electrons. The van der Waals surface area contributed by atoms with Crippen LogP contribution in [-0.2, 0) is 4.74 Å². The molecule has 0 aliphatic rings. The van der Waals surface area contributed by atoms with E-state index in [1.54, 1.807) is 0 Å². The molecular weight excluding hydrogens is 174 g/mol. The van der Waals surface area contributed by atoms with Gasteiger partial charge in [0.2, 0.25) is 0 Å². The third-order valence-electron chi connectivity index (χ3n) is 2.41. The van der Waals surface area contributed by atoms with Gasteiger partial charge in [-0.3, -0.25) is 0 Å². The van der Waals surface area contributed by atoms with Gasteiger partial charge in [0, 0.05) is 19.3 Å². The minimum atomic E-state index is 0.649. The Morgan fingerprint density at radius 3 is 2.64 bits per heavy atom. The maximum absolute atomic E-state index is 5.31. The van der Waals surface area contributed by atoms with Crippen molar-refractivity contribution in [1.29, 1.82) is 0 Å². The molecule has 1 N–H and O–H groups in total. The van der Waals surface area contributed by atoms with E-state index in [2.05, 4.69) is 11.9 Å². The fraction of sp³-hybridized carbons (Fsp3) is 0.833. The van der Waals surface area contributed by atoms with Crippen LogP contribution in [0.2, 0.25) is 0 Å². The van der Waals surface area contributed by atoms with Crippen LogP contribution in [-0.4, -0.2) is 26.3 Å². The molecule has 0 saturated carbocycles. The van der Waals surface area contributed by atoms with Gasteiger partial charge in [0.15, 0.2) is 0 Å². The van der Waals surface area contributed by atoms with Crippen LogP contribution in [0.3, 0.4) is 0 Å². The molecule has 1 unspecified atom stereocenters. The van der Waals surface area contributed by atoms with Crippen LogP contribution in [0, 0.1) is 0 Å². The molecule has 84 valence electrons. The lowest BCUT2D eigenvalue weighted by Crippen LogP contribution is -2.25. The highest BCUT2D eigenvalue weighted by Crippen LogP contribution is 2.07. The molecule has 0 aliphatic heterocycles. The van der Waals surface area contributed by atoms with E-state index in [0.29, 0.717) is 6.04 Å². The van der Waals surface area contributed by atoms with Crippen LogP contribution < -0.4 is 5.32 Å². The summed E-state index contributed by atoms with van der Waals surface area (Å²) in [5, 5.41) is 3.35. The summed E-state index contributed by atoms with van der Waals surface area (Å²) in [6.45, 7) is 7.50. The third kappa shape index (κ3) is 8.27. The maximum atomic E-state index is 5.31. The zero-order valence-electron chi connectivity index (χ0n) is 9.72. The van der Waals surface area contributed by atoms with Crippen molar-refractivity contribution in [1.82, 2.24) is 5.32 Å². The second-order valence-corrected chi connectivity index (χ2v) is 3.54. The molecule has 0 amide bonds. The Morgan fingerprint density at radius 1 is 1.36 bits per heavy atom. The highest BCUT2D eigenvalue weighted by atomic mass is 16.5. The number of hydrogen-bond acceptors (Lipinski definition) is 2. The molecule has 0 aromatic rings. The highest BCUT2D eigenvalue weighted by molar-refractivity contribution is 4.70. The third-order valence-corrected chi connectivity index (χ3v) is 2.41. The Labute approximate surface area is 88.7 Å². The summed E-state index contributed by atoms with van der Waals surface area (Å²) in [6.07, 6.45) is 7.98. The molecule has 0 bridgehead atoms. The first-order chi connectivity index (χ1) is 6.85. The van der Waals surface area contributed by atoms with Crippen LogP contribution in [0.25, 0.3) is 0 Å². The summed E-state index contributed by atoms with van der Waals surface area (Å²) in [6, 6.07) is 0.649. The van der Waals surface area contributed by atoms with E-state index >= 15 is 0 Å². The fourth-order valence-corrected chi connectivity index (χ4v) is 1.52. The standard InChI is InChI=1S/C12H25NO/c1-4-6-7-9-12(13-3)10-8-11-14-5-2/h4,12-13H,1,5-11H2,2-3H3. The minimum Gasteiger partial charge on any atom is -0.382 e. The molecule has 0 fully saturated rings. The molecule has 0 saturated heterocycles. The first-order valence-electron chi connectivity index (χ1n) is 5.71. The van der Waals surface area contributed by atoms with Gasteiger partial charge in [-0.1, -0.05) is 6.08 Å². The van der Waals surface area contributed by atoms with Gasteiger partial charge in [0.05, 0.1) is 0 Å². The molecule has 0 spiro atoms. The number of allylic oxidation sites excluding steroid dienone is 1. The van der Waals surface area contributed by atoms with Gasteiger partial charge in [-0.05, 0) is 46.1 Å². The lowest BCUT2D eigenvalue weighted by molar-refractivity contribution is 0.140. The second kappa shape index (κ2) is 10.7. The van der Waals surface area contributed by atoms with E-state index in [4.69, 9.17) is 4.74 Å². The van der Waals surface area contributed by atoms with Crippen molar-refractivity contribution in [3.05, 3.63) is 12.7 Å². The monoisotopic (exact) mass is 199 g/mol. The molecule has 0 heterocycles. The average molecular weight is 199 g/mol. The number of unbranched alkanes of at least 4 members (excludes halogenated alkanes) is 1. The SMILES string of the molecule is C=CCCCC(CCCOCC)NC. The van der Waals surface area contributed by atoms with Crippen molar-refractivity contribution in [2.45, 2.75) is 45.1 Å². The lowest BCUT2D eigenvalue weighted by atomic mass is 10.1. The molecule has 0 aromatic carbocycles. The Kier molecular flexibility index (Phi) is 10.5. The van der Waals surface area contributed by atoms with Gasteiger partial charge in [-0.2, -0.15) is 0 Å². The molecule has 2 heteroatoms. The zero-order chi connectivity index (χ0) is 10.6. The number of nitrogens with one attached hydrogen (secondary N) is 1. The Morgan fingerprint density at radius 2 is 2.07 bits per heavy atom. The number of hydrogen-bond donors (Lipinski definition) is 1. The molecule has 0 aliphatic carbocycles. The average Bonchev–Trinajstić information content (AvgIpc) is 2.22. The quantitative estimate of drug-likeness (QED) is 0.431. The van der Waals surface area contributed by atoms with Crippen LogP contribution in [0.5, 0.6) is 0 Å². The maximum Gasteiger partial charge on any atom is 0.0466 e. The molecule has 14 heavy (non-hydrogen) atoms.